The molecule has 0 saturated heterocycles. The Morgan fingerprint density at radius 1 is 1.26 bits per heavy atom. The van der Waals surface area contributed by atoms with Crippen LogP contribution in [-0.2, 0) is 0 Å². The van der Waals surface area contributed by atoms with Gasteiger partial charge in [-0.25, -0.2) is 0 Å². The Balaban J connectivity index is 1.95. The molecule has 2 N–H and O–H groups in total. The molecular weight excluding hydrogens is 234 g/mol. The van der Waals surface area contributed by atoms with Gasteiger partial charge in [-0.3, -0.25) is 4.68 Å². The number of rotatable bonds is 2. The first kappa shape index (κ1) is 12.7. The van der Waals surface area contributed by atoms with Crippen LogP contribution in [0.2, 0.25) is 0 Å². The van der Waals surface area contributed by atoms with E-state index in [1.54, 1.807) is 0 Å². The number of benzene rings is 1. The number of nitrogens with two attached hydrogens (primary N) is 1. The highest BCUT2D eigenvalue weighted by atomic mass is 15.3. The van der Waals surface area contributed by atoms with E-state index >= 15 is 0 Å². The third kappa shape index (κ3) is 2.27. The molecule has 1 aromatic heterocycles. The summed E-state index contributed by atoms with van der Waals surface area (Å²) < 4.78 is 2.16. The minimum Gasteiger partial charge on any atom is -0.326 e. The summed E-state index contributed by atoms with van der Waals surface area (Å²) in [4.78, 5) is 0. The van der Waals surface area contributed by atoms with Gasteiger partial charge in [-0.2, -0.15) is 5.10 Å². The lowest BCUT2D eigenvalue weighted by Crippen LogP contribution is -2.39. The lowest BCUT2D eigenvalue weighted by atomic mass is 9.77. The molecule has 3 nitrogen and oxygen atoms in total. The smallest absolute Gasteiger partial charge is 0.0686 e. The average Bonchev–Trinajstić information content (AvgIpc) is 2.83. The molecule has 1 aromatic carbocycles. The zero-order valence-corrected chi connectivity index (χ0v) is 11.8. The Labute approximate surface area is 114 Å². The zero-order chi connectivity index (χ0) is 13.4. The van der Waals surface area contributed by atoms with E-state index in [1.165, 1.54) is 17.3 Å². The van der Waals surface area contributed by atoms with E-state index in [1.807, 2.05) is 6.20 Å². The molecule has 1 fully saturated rings. The molecule has 3 unspecified atom stereocenters. The quantitative estimate of drug-likeness (QED) is 0.896. The highest BCUT2D eigenvalue weighted by Gasteiger charge is 2.31. The fraction of sp³-hybridized carbons (Fsp3) is 0.562. The van der Waals surface area contributed by atoms with Crippen LogP contribution < -0.4 is 5.73 Å². The molecule has 0 radical (unpaired) electrons. The lowest BCUT2D eigenvalue weighted by Gasteiger charge is -2.36. The van der Waals surface area contributed by atoms with Gasteiger partial charge in [-0.05, 0) is 37.2 Å². The highest BCUT2D eigenvalue weighted by molar-refractivity contribution is 5.78. The summed E-state index contributed by atoms with van der Waals surface area (Å²) in [5, 5.41) is 5.81. The predicted octanol–water partition coefficient (Wildman–Crippen LogP) is 3.36. The maximum Gasteiger partial charge on any atom is 0.0686 e. The van der Waals surface area contributed by atoms with E-state index in [0.29, 0.717) is 6.04 Å². The van der Waals surface area contributed by atoms with Crippen LogP contribution in [0.3, 0.4) is 0 Å². The molecule has 1 aliphatic rings. The van der Waals surface area contributed by atoms with Gasteiger partial charge in [0, 0.05) is 11.4 Å². The topological polar surface area (TPSA) is 43.8 Å². The number of para-hydroxylation sites is 1. The van der Waals surface area contributed by atoms with Crippen molar-refractivity contribution >= 4 is 10.9 Å². The van der Waals surface area contributed by atoms with E-state index in [4.69, 9.17) is 5.73 Å². The Bertz CT molecular complexity index is 558. The van der Waals surface area contributed by atoms with Gasteiger partial charge < -0.3 is 5.73 Å². The predicted molar refractivity (Wildman–Crippen MR) is 78.9 cm³/mol. The molecule has 3 heteroatoms. The van der Waals surface area contributed by atoms with E-state index in [2.05, 4.69) is 47.9 Å². The van der Waals surface area contributed by atoms with Crippen molar-refractivity contribution in [2.24, 2.45) is 17.6 Å². The first-order valence-corrected chi connectivity index (χ1v) is 7.34. The molecule has 1 aliphatic carbocycles. The number of hydrogen-bond acceptors (Lipinski definition) is 2. The van der Waals surface area contributed by atoms with E-state index < -0.39 is 0 Å². The van der Waals surface area contributed by atoms with Crippen molar-refractivity contribution in [1.29, 1.82) is 0 Å². The second-order valence-electron chi connectivity index (χ2n) is 6.20. The van der Waals surface area contributed by atoms with Gasteiger partial charge in [-0.1, -0.05) is 32.0 Å². The summed E-state index contributed by atoms with van der Waals surface area (Å²) >= 11 is 0. The largest absolute Gasteiger partial charge is 0.326 e. The first-order chi connectivity index (χ1) is 9.16. The lowest BCUT2D eigenvalue weighted by molar-refractivity contribution is 0.187. The van der Waals surface area contributed by atoms with Crippen molar-refractivity contribution in [2.45, 2.75) is 45.2 Å². The third-order valence-electron chi connectivity index (χ3n) is 4.67. The molecule has 0 bridgehead atoms. The van der Waals surface area contributed by atoms with Crippen LogP contribution in [0.5, 0.6) is 0 Å². The number of fused-ring (bicyclic) bond motifs is 1. The monoisotopic (exact) mass is 257 g/mol. The van der Waals surface area contributed by atoms with Crippen molar-refractivity contribution in [1.82, 2.24) is 9.78 Å². The standard InChI is InChI=1S/C16H23N3/c1-11(2)12-7-8-14(17)16(9-12)19-15-6-4-3-5-13(15)10-18-19/h3-6,10-12,14,16H,7-9,17H2,1-2H3. The Morgan fingerprint density at radius 2 is 2.05 bits per heavy atom. The fourth-order valence-corrected chi connectivity index (χ4v) is 3.34. The molecule has 102 valence electrons. The van der Waals surface area contributed by atoms with Crippen molar-refractivity contribution in [2.75, 3.05) is 0 Å². The SMILES string of the molecule is CC(C)C1CCC(N)C(n2ncc3ccccc32)C1. The number of aromatic nitrogens is 2. The van der Waals surface area contributed by atoms with Gasteiger partial charge in [0.1, 0.15) is 0 Å². The van der Waals surface area contributed by atoms with E-state index in [9.17, 15) is 0 Å². The molecule has 1 heterocycles. The van der Waals surface area contributed by atoms with Crippen LogP contribution >= 0.6 is 0 Å². The van der Waals surface area contributed by atoms with Crippen LogP contribution in [-0.4, -0.2) is 15.8 Å². The minimum atomic E-state index is 0.235. The Morgan fingerprint density at radius 3 is 2.84 bits per heavy atom. The van der Waals surface area contributed by atoms with E-state index in [0.717, 1.165) is 24.7 Å². The number of nitrogens with zero attached hydrogens (tertiary/aromatic N) is 2. The van der Waals surface area contributed by atoms with Gasteiger partial charge >= 0.3 is 0 Å². The highest BCUT2D eigenvalue weighted by Crippen LogP contribution is 2.36. The van der Waals surface area contributed by atoms with Gasteiger partial charge in [0.05, 0.1) is 17.8 Å². The minimum absolute atomic E-state index is 0.235. The molecule has 3 rings (SSSR count). The summed E-state index contributed by atoms with van der Waals surface area (Å²) in [6, 6.07) is 8.99. The molecule has 0 spiro atoms. The summed E-state index contributed by atoms with van der Waals surface area (Å²) in [6.45, 7) is 4.64. The molecule has 2 aromatic rings. The van der Waals surface area contributed by atoms with Crippen LogP contribution in [0.4, 0.5) is 0 Å². The van der Waals surface area contributed by atoms with Crippen molar-refractivity contribution in [3.63, 3.8) is 0 Å². The maximum absolute atomic E-state index is 6.36. The van der Waals surface area contributed by atoms with Crippen LogP contribution in [0.25, 0.3) is 10.9 Å². The molecule has 0 aliphatic heterocycles. The summed E-state index contributed by atoms with van der Waals surface area (Å²) in [5.41, 5.74) is 7.58. The fourth-order valence-electron chi connectivity index (χ4n) is 3.34. The molecular formula is C16H23N3. The Hall–Kier alpha value is -1.35. The van der Waals surface area contributed by atoms with Crippen molar-refractivity contribution in [3.05, 3.63) is 30.5 Å². The molecule has 19 heavy (non-hydrogen) atoms. The molecule has 1 saturated carbocycles. The van der Waals surface area contributed by atoms with Crippen LogP contribution in [0.1, 0.15) is 39.2 Å². The van der Waals surface area contributed by atoms with E-state index in [-0.39, 0.29) is 6.04 Å². The second kappa shape index (κ2) is 4.97. The number of hydrogen-bond donors (Lipinski definition) is 1. The first-order valence-electron chi connectivity index (χ1n) is 7.34. The van der Waals surface area contributed by atoms with Gasteiger partial charge in [0.25, 0.3) is 0 Å². The van der Waals surface area contributed by atoms with Gasteiger partial charge in [0.2, 0.25) is 0 Å². The summed E-state index contributed by atoms with van der Waals surface area (Å²) in [6.07, 6.45) is 5.49. The third-order valence-corrected chi connectivity index (χ3v) is 4.67. The van der Waals surface area contributed by atoms with Gasteiger partial charge in [-0.15, -0.1) is 0 Å². The zero-order valence-electron chi connectivity index (χ0n) is 11.8. The normalized spacial score (nSPS) is 28.1. The molecule has 3 atom stereocenters. The average molecular weight is 257 g/mol. The van der Waals surface area contributed by atoms with Crippen molar-refractivity contribution < 1.29 is 0 Å². The van der Waals surface area contributed by atoms with Crippen LogP contribution in [0.15, 0.2) is 30.5 Å². The maximum atomic E-state index is 6.36. The second-order valence-corrected chi connectivity index (χ2v) is 6.20. The Kier molecular flexibility index (Phi) is 3.31. The summed E-state index contributed by atoms with van der Waals surface area (Å²) in [7, 11) is 0. The van der Waals surface area contributed by atoms with Crippen molar-refractivity contribution in [3.8, 4) is 0 Å². The molecule has 0 amide bonds. The van der Waals surface area contributed by atoms with Gasteiger partial charge in [0.15, 0.2) is 0 Å². The van der Waals surface area contributed by atoms with Crippen LogP contribution in [0, 0.1) is 11.8 Å². The summed E-state index contributed by atoms with van der Waals surface area (Å²) in [5.74, 6) is 1.50.